The summed E-state index contributed by atoms with van der Waals surface area (Å²) in [7, 11) is 0. The summed E-state index contributed by atoms with van der Waals surface area (Å²) in [4.78, 5) is 0. The van der Waals surface area contributed by atoms with E-state index in [-0.39, 0.29) is 6.61 Å². The van der Waals surface area contributed by atoms with E-state index in [0.29, 0.717) is 16.4 Å². The van der Waals surface area contributed by atoms with Crippen LogP contribution in [0.15, 0.2) is 18.5 Å². The van der Waals surface area contributed by atoms with Gasteiger partial charge in [-0.1, -0.05) is 11.6 Å². The molecule has 0 aliphatic rings. The molecule has 0 amide bonds. The Morgan fingerprint density at radius 3 is 3.08 bits per heavy atom. The molecule has 2 aromatic rings. The van der Waals surface area contributed by atoms with Crippen LogP contribution in [0.2, 0.25) is 5.02 Å². The molecule has 0 saturated carbocycles. The van der Waals surface area contributed by atoms with Crippen LogP contribution in [0.3, 0.4) is 0 Å². The Morgan fingerprint density at radius 1 is 1.50 bits per heavy atom. The number of hydrogen-bond acceptors (Lipinski definition) is 3. The molecule has 0 aliphatic carbocycles. The van der Waals surface area contributed by atoms with Crippen molar-refractivity contribution < 1.29 is 5.11 Å². The number of aromatic nitrogens is 3. The minimum Gasteiger partial charge on any atom is -0.390 e. The van der Waals surface area contributed by atoms with Crippen molar-refractivity contribution >= 4 is 17.2 Å². The van der Waals surface area contributed by atoms with E-state index in [1.54, 1.807) is 16.5 Å². The first-order valence-electron chi connectivity index (χ1n) is 3.40. The average Bonchev–Trinajstić information content (AvgIpc) is 2.50. The van der Waals surface area contributed by atoms with E-state index in [0.717, 1.165) is 0 Å². The maximum atomic E-state index is 8.94. The lowest BCUT2D eigenvalue weighted by molar-refractivity contribution is 0.275. The van der Waals surface area contributed by atoms with Crippen molar-refractivity contribution in [3.05, 3.63) is 29.2 Å². The predicted molar refractivity (Wildman–Crippen MR) is 43.9 cm³/mol. The molecule has 4 nitrogen and oxygen atoms in total. The predicted octanol–water partition coefficient (Wildman–Crippen LogP) is 0.875. The van der Waals surface area contributed by atoms with Gasteiger partial charge in [0.2, 0.25) is 0 Å². The highest BCUT2D eigenvalue weighted by molar-refractivity contribution is 6.30. The van der Waals surface area contributed by atoms with Crippen molar-refractivity contribution in [2.24, 2.45) is 0 Å². The summed E-state index contributed by atoms with van der Waals surface area (Å²) in [6.45, 7) is -0.0743. The van der Waals surface area contributed by atoms with Crippen LogP contribution in [0.1, 0.15) is 5.69 Å². The number of rotatable bonds is 1. The highest BCUT2D eigenvalue weighted by Gasteiger charge is 2.02. The van der Waals surface area contributed by atoms with Gasteiger partial charge in [0.1, 0.15) is 6.33 Å². The topological polar surface area (TPSA) is 50.4 Å². The minimum absolute atomic E-state index is 0.0743. The average molecular weight is 184 g/mol. The van der Waals surface area contributed by atoms with E-state index < -0.39 is 0 Å². The molecule has 2 aromatic heterocycles. The maximum Gasteiger partial charge on any atom is 0.162 e. The first-order chi connectivity index (χ1) is 5.81. The van der Waals surface area contributed by atoms with E-state index >= 15 is 0 Å². The first-order valence-corrected chi connectivity index (χ1v) is 3.78. The van der Waals surface area contributed by atoms with Crippen molar-refractivity contribution in [1.82, 2.24) is 14.6 Å². The SMILES string of the molecule is OCc1cc(Cl)cc2nncn12. The molecule has 5 heteroatoms. The normalized spacial score (nSPS) is 10.8. The maximum absolute atomic E-state index is 8.94. The Labute approximate surface area is 73.4 Å². The molecule has 0 radical (unpaired) electrons. The van der Waals surface area contributed by atoms with E-state index in [1.807, 2.05) is 0 Å². The van der Waals surface area contributed by atoms with E-state index in [9.17, 15) is 0 Å². The van der Waals surface area contributed by atoms with Gasteiger partial charge in [-0.15, -0.1) is 10.2 Å². The van der Waals surface area contributed by atoms with Crippen LogP contribution in [0.4, 0.5) is 0 Å². The van der Waals surface area contributed by atoms with Crippen LogP contribution >= 0.6 is 11.6 Å². The third kappa shape index (κ3) is 1.05. The molecule has 0 atom stereocenters. The van der Waals surface area contributed by atoms with Crippen molar-refractivity contribution in [3.63, 3.8) is 0 Å². The lowest BCUT2D eigenvalue weighted by Crippen LogP contribution is -1.94. The van der Waals surface area contributed by atoms with Crippen LogP contribution in [0, 0.1) is 0 Å². The smallest absolute Gasteiger partial charge is 0.162 e. The second-order valence-corrected chi connectivity index (χ2v) is 2.82. The number of halogens is 1. The molecule has 0 aliphatic heterocycles. The fourth-order valence-corrected chi connectivity index (χ4v) is 1.30. The highest BCUT2D eigenvalue weighted by Crippen LogP contribution is 2.14. The third-order valence-corrected chi connectivity index (χ3v) is 1.84. The van der Waals surface area contributed by atoms with Crippen molar-refractivity contribution in [3.8, 4) is 0 Å². The number of aliphatic hydroxyl groups is 1. The van der Waals surface area contributed by atoms with Gasteiger partial charge in [-0.25, -0.2) is 0 Å². The fraction of sp³-hybridized carbons (Fsp3) is 0.143. The summed E-state index contributed by atoms with van der Waals surface area (Å²) >= 11 is 5.77. The van der Waals surface area contributed by atoms with Crippen molar-refractivity contribution in [2.45, 2.75) is 6.61 Å². The summed E-state index contributed by atoms with van der Waals surface area (Å²) in [5, 5.41) is 17.0. The van der Waals surface area contributed by atoms with E-state index in [4.69, 9.17) is 16.7 Å². The number of pyridine rings is 1. The molecule has 2 rings (SSSR count). The van der Waals surface area contributed by atoms with Crippen LogP contribution in [0.25, 0.3) is 5.65 Å². The van der Waals surface area contributed by atoms with Gasteiger partial charge in [-0.2, -0.15) is 0 Å². The van der Waals surface area contributed by atoms with Gasteiger partial charge in [-0.3, -0.25) is 4.40 Å². The molecule has 62 valence electrons. The Morgan fingerprint density at radius 2 is 2.33 bits per heavy atom. The lowest BCUT2D eigenvalue weighted by atomic mass is 10.3. The monoisotopic (exact) mass is 183 g/mol. The second-order valence-electron chi connectivity index (χ2n) is 2.38. The molecule has 1 N–H and O–H groups in total. The largest absolute Gasteiger partial charge is 0.390 e. The summed E-state index contributed by atoms with van der Waals surface area (Å²) in [5.74, 6) is 0. The van der Waals surface area contributed by atoms with E-state index in [1.165, 1.54) is 6.33 Å². The Bertz CT molecular complexity index is 412. The molecule has 0 fully saturated rings. The second kappa shape index (κ2) is 2.73. The number of nitrogens with zero attached hydrogens (tertiary/aromatic N) is 3. The van der Waals surface area contributed by atoms with Crippen LogP contribution in [0.5, 0.6) is 0 Å². The van der Waals surface area contributed by atoms with Crippen LogP contribution in [-0.2, 0) is 6.61 Å². The molecule has 0 saturated heterocycles. The summed E-state index contributed by atoms with van der Waals surface area (Å²) in [5.41, 5.74) is 1.33. The molecule has 12 heavy (non-hydrogen) atoms. The van der Waals surface area contributed by atoms with Crippen molar-refractivity contribution in [2.75, 3.05) is 0 Å². The number of aliphatic hydroxyl groups excluding tert-OH is 1. The molecule has 0 spiro atoms. The summed E-state index contributed by atoms with van der Waals surface area (Å²) < 4.78 is 1.69. The molecule has 0 bridgehead atoms. The standard InChI is InChI=1S/C7H6ClN3O/c8-5-1-6(3-12)11-4-9-10-7(11)2-5/h1-2,4,12H,3H2. The molecule has 0 unspecified atom stereocenters. The van der Waals surface area contributed by atoms with Gasteiger partial charge >= 0.3 is 0 Å². The Hall–Kier alpha value is -1.13. The highest BCUT2D eigenvalue weighted by atomic mass is 35.5. The zero-order chi connectivity index (χ0) is 8.55. The quantitative estimate of drug-likeness (QED) is 0.714. The molecule has 0 aromatic carbocycles. The minimum atomic E-state index is -0.0743. The van der Waals surface area contributed by atoms with Crippen LogP contribution < -0.4 is 0 Å². The zero-order valence-electron chi connectivity index (χ0n) is 6.11. The van der Waals surface area contributed by atoms with Gasteiger partial charge in [0.15, 0.2) is 5.65 Å². The van der Waals surface area contributed by atoms with Crippen LogP contribution in [-0.4, -0.2) is 19.7 Å². The Balaban J connectivity index is 2.80. The lowest BCUT2D eigenvalue weighted by Gasteiger charge is -2.00. The number of hydrogen-bond donors (Lipinski definition) is 1. The summed E-state index contributed by atoms with van der Waals surface area (Å²) in [6, 6.07) is 3.37. The third-order valence-electron chi connectivity index (χ3n) is 1.62. The van der Waals surface area contributed by atoms with Gasteiger partial charge in [0.05, 0.1) is 12.3 Å². The zero-order valence-corrected chi connectivity index (χ0v) is 6.86. The van der Waals surface area contributed by atoms with Gasteiger partial charge < -0.3 is 5.11 Å². The van der Waals surface area contributed by atoms with Gasteiger partial charge in [0, 0.05) is 11.1 Å². The van der Waals surface area contributed by atoms with E-state index in [2.05, 4.69) is 10.2 Å². The first kappa shape index (κ1) is 7.52. The molecular formula is C7H6ClN3O. The number of fused-ring (bicyclic) bond motifs is 1. The fourth-order valence-electron chi connectivity index (χ4n) is 1.08. The molecular weight excluding hydrogens is 178 g/mol. The van der Waals surface area contributed by atoms with Gasteiger partial charge in [0.25, 0.3) is 0 Å². The van der Waals surface area contributed by atoms with Crippen molar-refractivity contribution in [1.29, 1.82) is 0 Å². The van der Waals surface area contributed by atoms with Gasteiger partial charge in [-0.05, 0) is 6.07 Å². The molecule has 2 heterocycles. The Kier molecular flexibility index (Phi) is 1.71. The summed E-state index contributed by atoms with van der Waals surface area (Å²) in [6.07, 6.45) is 1.54.